The lowest BCUT2D eigenvalue weighted by atomic mass is 9.98. The molecule has 0 radical (unpaired) electrons. The molecule has 0 aliphatic carbocycles. The summed E-state index contributed by atoms with van der Waals surface area (Å²) in [5.74, 6) is 0. The average molecular weight is 262 g/mol. The van der Waals surface area contributed by atoms with Gasteiger partial charge in [0.2, 0.25) is 0 Å². The van der Waals surface area contributed by atoms with Crippen molar-refractivity contribution in [3.63, 3.8) is 0 Å². The van der Waals surface area contributed by atoms with Crippen LogP contribution < -0.4 is 10.2 Å². The Morgan fingerprint density at radius 3 is 2.84 bits per heavy atom. The first kappa shape index (κ1) is 14.4. The van der Waals surface area contributed by atoms with Crippen LogP contribution in [0.5, 0.6) is 0 Å². The van der Waals surface area contributed by atoms with Crippen molar-refractivity contribution in [1.82, 2.24) is 5.32 Å². The quantitative estimate of drug-likeness (QED) is 0.825. The Bertz CT molecular complexity index is 421. The van der Waals surface area contributed by atoms with Gasteiger partial charge in [-0.05, 0) is 44.9 Å². The van der Waals surface area contributed by atoms with Gasteiger partial charge in [-0.15, -0.1) is 0 Å². The Kier molecular flexibility index (Phi) is 4.48. The van der Waals surface area contributed by atoms with Gasteiger partial charge in [0.05, 0.1) is 6.61 Å². The molecule has 0 spiro atoms. The minimum atomic E-state index is -0.175. The molecule has 1 aliphatic rings. The first-order chi connectivity index (χ1) is 9.09. The van der Waals surface area contributed by atoms with E-state index in [9.17, 15) is 5.11 Å². The zero-order chi connectivity index (χ0) is 13.9. The van der Waals surface area contributed by atoms with Crippen LogP contribution in [0.15, 0.2) is 24.3 Å². The van der Waals surface area contributed by atoms with Crippen molar-refractivity contribution < 1.29 is 5.11 Å². The van der Waals surface area contributed by atoms with E-state index in [-0.39, 0.29) is 12.1 Å². The Hall–Kier alpha value is -1.06. The van der Waals surface area contributed by atoms with Gasteiger partial charge in [-0.2, -0.15) is 0 Å². The molecule has 2 unspecified atom stereocenters. The molecule has 2 rings (SSSR count). The van der Waals surface area contributed by atoms with E-state index in [1.54, 1.807) is 0 Å². The van der Waals surface area contributed by atoms with Crippen molar-refractivity contribution in [2.24, 2.45) is 0 Å². The highest BCUT2D eigenvalue weighted by Gasteiger charge is 2.28. The Labute approximate surface area is 116 Å². The molecule has 0 amide bonds. The number of hydrogen-bond acceptors (Lipinski definition) is 3. The van der Waals surface area contributed by atoms with Crippen LogP contribution in [0.1, 0.15) is 32.8 Å². The number of hydrogen-bond donors (Lipinski definition) is 2. The maximum Gasteiger partial charge on any atom is 0.0611 e. The Morgan fingerprint density at radius 1 is 1.42 bits per heavy atom. The summed E-state index contributed by atoms with van der Waals surface area (Å²) in [6.45, 7) is 8.53. The largest absolute Gasteiger partial charge is 0.394 e. The number of nitrogens with zero attached hydrogens (tertiary/aromatic N) is 1. The summed E-state index contributed by atoms with van der Waals surface area (Å²) >= 11 is 0. The number of benzene rings is 1. The molecule has 2 atom stereocenters. The highest BCUT2D eigenvalue weighted by atomic mass is 16.3. The summed E-state index contributed by atoms with van der Waals surface area (Å²) in [4.78, 5) is 2.47. The molecular weight excluding hydrogens is 236 g/mol. The highest BCUT2D eigenvalue weighted by Crippen LogP contribution is 2.32. The molecule has 0 fully saturated rings. The van der Waals surface area contributed by atoms with Gasteiger partial charge >= 0.3 is 0 Å². The molecule has 0 saturated carbocycles. The predicted octanol–water partition coefficient (Wildman–Crippen LogP) is 2.19. The summed E-state index contributed by atoms with van der Waals surface area (Å²) in [5.41, 5.74) is 2.64. The topological polar surface area (TPSA) is 35.5 Å². The van der Waals surface area contributed by atoms with Crippen LogP contribution in [-0.4, -0.2) is 36.4 Å². The molecule has 19 heavy (non-hydrogen) atoms. The van der Waals surface area contributed by atoms with Crippen molar-refractivity contribution in [2.45, 2.75) is 45.2 Å². The molecule has 1 aromatic carbocycles. The third kappa shape index (κ3) is 3.10. The fourth-order valence-electron chi connectivity index (χ4n) is 2.99. The Morgan fingerprint density at radius 2 is 2.16 bits per heavy atom. The highest BCUT2D eigenvalue weighted by molar-refractivity contribution is 5.59. The van der Waals surface area contributed by atoms with Gasteiger partial charge in [0.25, 0.3) is 0 Å². The number of para-hydroxylation sites is 1. The van der Waals surface area contributed by atoms with Crippen LogP contribution >= 0.6 is 0 Å². The first-order valence-electron chi connectivity index (χ1n) is 7.30. The molecule has 106 valence electrons. The minimum absolute atomic E-state index is 0.175. The summed E-state index contributed by atoms with van der Waals surface area (Å²) in [5, 5.41) is 13.0. The van der Waals surface area contributed by atoms with E-state index >= 15 is 0 Å². The molecule has 1 aromatic rings. The predicted molar refractivity (Wildman–Crippen MR) is 80.7 cm³/mol. The standard InChI is InChI=1S/C16H26N2O/c1-4-17-16(3,12-19)9-10-18-13(2)11-14-7-5-6-8-15(14)18/h5-8,13,17,19H,4,9-12H2,1-3H3. The van der Waals surface area contributed by atoms with Gasteiger partial charge < -0.3 is 15.3 Å². The number of rotatable bonds is 6. The summed E-state index contributed by atoms with van der Waals surface area (Å²) in [7, 11) is 0. The number of aliphatic hydroxyl groups excluding tert-OH is 1. The van der Waals surface area contributed by atoms with Gasteiger partial charge in [0.15, 0.2) is 0 Å². The average Bonchev–Trinajstić information content (AvgIpc) is 2.72. The Balaban J connectivity index is 2.03. The van der Waals surface area contributed by atoms with E-state index in [1.807, 2.05) is 0 Å². The molecule has 0 bridgehead atoms. The van der Waals surface area contributed by atoms with Crippen LogP contribution in [-0.2, 0) is 6.42 Å². The maximum absolute atomic E-state index is 9.57. The zero-order valence-corrected chi connectivity index (χ0v) is 12.3. The van der Waals surface area contributed by atoms with Crippen LogP contribution in [0, 0.1) is 0 Å². The second-order valence-corrected chi connectivity index (χ2v) is 5.87. The van der Waals surface area contributed by atoms with Gasteiger partial charge in [0, 0.05) is 23.8 Å². The van der Waals surface area contributed by atoms with Crippen molar-refractivity contribution in [3.8, 4) is 0 Å². The van der Waals surface area contributed by atoms with E-state index in [2.05, 4.69) is 55.3 Å². The second kappa shape index (κ2) is 5.93. The van der Waals surface area contributed by atoms with E-state index in [0.717, 1.165) is 25.9 Å². The zero-order valence-electron chi connectivity index (χ0n) is 12.3. The van der Waals surface area contributed by atoms with E-state index in [4.69, 9.17) is 0 Å². The van der Waals surface area contributed by atoms with Gasteiger partial charge in [-0.25, -0.2) is 0 Å². The second-order valence-electron chi connectivity index (χ2n) is 5.87. The lowest BCUT2D eigenvalue weighted by Gasteiger charge is -2.33. The van der Waals surface area contributed by atoms with Crippen LogP contribution in [0.25, 0.3) is 0 Å². The fourth-order valence-corrected chi connectivity index (χ4v) is 2.99. The number of fused-ring (bicyclic) bond motifs is 1. The van der Waals surface area contributed by atoms with E-state index < -0.39 is 0 Å². The smallest absolute Gasteiger partial charge is 0.0611 e. The number of likely N-dealkylation sites (N-methyl/N-ethyl adjacent to an activating group) is 1. The molecule has 0 saturated heterocycles. The summed E-state index contributed by atoms with van der Waals surface area (Å²) in [6.07, 6.45) is 2.09. The normalized spacial score (nSPS) is 21.3. The van der Waals surface area contributed by atoms with Crippen LogP contribution in [0.4, 0.5) is 5.69 Å². The van der Waals surface area contributed by atoms with Gasteiger partial charge in [0.1, 0.15) is 0 Å². The molecule has 2 N–H and O–H groups in total. The van der Waals surface area contributed by atoms with Crippen molar-refractivity contribution in [2.75, 3.05) is 24.6 Å². The lowest BCUT2D eigenvalue weighted by Crippen LogP contribution is -2.48. The molecule has 3 heteroatoms. The SMILES string of the molecule is CCNC(C)(CO)CCN1c2ccccc2CC1C. The van der Waals surface area contributed by atoms with Crippen LogP contribution in [0.3, 0.4) is 0 Å². The number of nitrogens with one attached hydrogen (secondary N) is 1. The van der Waals surface area contributed by atoms with Gasteiger partial charge in [-0.1, -0.05) is 25.1 Å². The molecular formula is C16H26N2O. The molecule has 1 aliphatic heterocycles. The third-order valence-electron chi connectivity index (χ3n) is 4.21. The van der Waals surface area contributed by atoms with Crippen molar-refractivity contribution in [1.29, 1.82) is 0 Å². The minimum Gasteiger partial charge on any atom is -0.394 e. The maximum atomic E-state index is 9.57. The van der Waals surface area contributed by atoms with E-state index in [1.165, 1.54) is 11.3 Å². The fraction of sp³-hybridized carbons (Fsp3) is 0.625. The van der Waals surface area contributed by atoms with E-state index in [0.29, 0.717) is 6.04 Å². The summed E-state index contributed by atoms with van der Waals surface area (Å²) < 4.78 is 0. The molecule has 3 nitrogen and oxygen atoms in total. The number of anilines is 1. The molecule has 0 aromatic heterocycles. The monoisotopic (exact) mass is 262 g/mol. The summed E-state index contributed by atoms with van der Waals surface area (Å²) in [6, 6.07) is 9.22. The van der Waals surface area contributed by atoms with Gasteiger partial charge in [-0.3, -0.25) is 0 Å². The first-order valence-corrected chi connectivity index (χ1v) is 7.30. The van der Waals surface area contributed by atoms with Crippen molar-refractivity contribution >= 4 is 5.69 Å². The molecule has 1 heterocycles. The third-order valence-corrected chi connectivity index (χ3v) is 4.21. The lowest BCUT2D eigenvalue weighted by molar-refractivity contribution is 0.169. The van der Waals surface area contributed by atoms with Crippen LogP contribution in [0.2, 0.25) is 0 Å². The number of aliphatic hydroxyl groups is 1. The van der Waals surface area contributed by atoms with Crippen molar-refractivity contribution in [3.05, 3.63) is 29.8 Å².